The smallest absolute Gasteiger partial charge is 0.244 e. The summed E-state index contributed by atoms with van der Waals surface area (Å²) in [6, 6.07) is 16.0. The average Bonchev–Trinajstić information content (AvgIpc) is 3.03. The van der Waals surface area contributed by atoms with Crippen molar-refractivity contribution in [1.82, 2.24) is 20.2 Å². The predicted molar refractivity (Wildman–Crippen MR) is 99.1 cm³/mol. The van der Waals surface area contributed by atoms with E-state index in [1.165, 1.54) is 0 Å². The highest BCUT2D eigenvalue weighted by Crippen LogP contribution is 2.26. The normalized spacial score (nSPS) is 12.4. The maximum Gasteiger partial charge on any atom is 0.244 e. The van der Waals surface area contributed by atoms with Crippen molar-refractivity contribution in [3.05, 3.63) is 54.1 Å². The number of nitrogens with one attached hydrogen (secondary N) is 2. The Morgan fingerprint density at radius 3 is 2.76 bits per heavy atom. The molecule has 0 radical (unpaired) electrons. The molecule has 1 atom stereocenters. The van der Waals surface area contributed by atoms with Crippen LogP contribution in [0, 0.1) is 0 Å². The van der Waals surface area contributed by atoms with E-state index in [1.54, 1.807) is 7.11 Å². The third-order valence-electron chi connectivity index (χ3n) is 4.36. The van der Waals surface area contributed by atoms with Gasteiger partial charge in [0.25, 0.3) is 0 Å². The molecular weight excluding hydrogens is 314 g/mol. The van der Waals surface area contributed by atoms with Crippen molar-refractivity contribution < 1.29 is 4.74 Å². The fraction of sp³-hybridized carbons (Fsp3) is 0.211. The molecule has 0 amide bonds. The van der Waals surface area contributed by atoms with Gasteiger partial charge in [-0.2, -0.15) is 4.98 Å². The molecule has 0 spiro atoms. The van der Waals surface area contributed by atoms with Crippen LogP contribution in [0.2, 0.25) is 0 Å². The minimum atomic E-state index is 0.248. The van der Waals surface area contributed by atoms with Crippen LogP contribution in [0.5, 0.6) is 5.75 Å². The molecule has 126 valence electrons. The monoisotopic (exact) mass is 333 g/mol. The Bertz CT molecular complexity index is 1030. The van der Waals surface area contributed by atoms with Gasteiger partial charge in [-0.15, -0.1) is 10.2 Å². The molecular formula is C19H19N5O. The van der Waals surface area contributed by atoms with E-state index in [0.717, 1.165) is 33.4 Å². The lowest BCUT2D eigenvalue weighted by Gasteiger charge is -2.15. The van der Waals surface area contributed by atoms with Gasteiger partial charge < -0.3 is 15.0 Å². The van der Waals surface area contributed by atoms with Gasteiger partial charge in [0.05, 0.1) is 7.11 Å². The first-order chi connectivity index (χ1) is 12.3. The van der Waals surface area contributed by atoms with E-state index in [4.69, 9.17) is 4.74 Å². The fourth-order valence-electron chi connectivity index (χ4n) is 3.02. The number of hydrogen-bond acceptors (Lipinski definition) is 5. The topological polar surface area (TPSA) is 75.7 Å². The van der Waals surface area contributed by atoms with Crippen LogP contribution in [0.25, 0.3) is 22.1 Å². The Hall–Kier alpha value is -3.15. The average molecular weight is 333 g/mol. The number of methoxy groups -OCH3 is 1. The molecule has 2 aromatic carbocycles. The second kappa shape index (κ2) is 6.39. The summed E-state index contributed by atoms with van der Waals surface area (Å²) < 4.78 is 5.43. The van der Waals surface area contributed by atoms with Gasteiger partial charge in [0.1, 0.15) is 11.3 Å². The van der Waals surface area contributed by atoms with Crippen molar-refractivity contribution in [2.75, 3.05) is 19.0 Å². The maximum atomic E-state index is 5.43. The lowest BCUT2D eigenvalue weighted by molar-refractivity contribution is 0.407. The van der Waals surface area contributed by atoms with Crippen molar-refractivity contribution in [2.45, 2.75) is 12.8 Å². The summed E-state index contributed by atoms with van der Waals surface area (Å²) in [6.07, 6.45) is 0. The molecule has 0 saturated heterocycles. The van der Waals surface area contributed by atoms with Crippen molar-refractivity contribution in [2.24, 2.45) is 0 Å². The number of aromatic nitrogens is 4. The lowest BCUT2D eigenvalue weighted by atomic mass is 10.0. The van der Waals surface area contributed by atoms with Crippen molar-refractivity contribution >= 4 is 28.0 Å². The molecule has 0 saturated carbocycles. The third-order valence-corrected chi connectivity index (χ3v) is 4.36. The summed E-state index contributed by atoms with van der Waals surface area (Å²) in [5, 5.41) is 12.8. The van der Waals surface area contributed by atoms with Gasteiger partial charge in [-0.25, -0.2) is 0 Å². The van der Waals surface area contributed by atoms with Crippen LogP contribution in [-0.2, 0) is 0 Å². The van der Waals surface area contributed by atoms with E-state index in [2.05, 4.69) is 38.5 Å². The zero-order valence-electron chi connectivity index (χ0n) is 14.2. The molecule has 0 aliphatic rings. The van der Waals surface area contributed by atoms with Gasteiger partial charge >= 0.3 is 0 Å². The number of ether oxygens (including phenoxy) is 1. The molecule has 0 aliphatic heterocycles. The van der Waals surface area contributed by atoms with Gasteiger partial charge in [-0.3, -0.25) is 0 Å². The lowest BCUT2D eigenvalue weighted by Crippen LogP contribution is -2.13. The summed E-state index contributed by atoms with van der Waals surface area (Å²) in [4.78, 5) is 7.83. The van der Waals surface area contributed by atoms with Crippen LogP contribution < -0.4 is 10.1 Å². The van der Waals surface area contributed by atoms with Gasteiger partial charge in [0.15, 0.2) is 5.65 Å². The highest BCUT2D eigenvalue weighted by Gasteiger charge is 2.12. The quantitative estimate of drug-likeness (QED) is 0.582. The Kier molecular flexibility index (Phi) is 3.93. The van der Waals surface area contributed by atoms with Gasteiger partial charge in [0, 0.05) is 23.4 Å². The van der Waals surface area contributed by atoms with E-state index in [-0.39, 0.29) is 5.92 Å². The number of fused-ring (bicyclic) bond motifs is 3. The number of benzene rings is 2. The molecule has 0 fully saturated rings. The van der Waals surface area contributed by atoms with Gasteiger partial charge in [-0.1, -0.05) is 43.3 Å². The highest BCUT2D eigenvalue weighted by molar-refractivity contribution is 6.03. The molecule has 2 heterocycles. The molecule has 0 aliphatic carbocycles. The number of para-hydroxylation sites is 2. The second-order valence-electron chi connectivity index (χ2n) is 6.03. The van der Waals surface area contributed by atoms with E-state index in [0.29, 0.717) is 12.5 Å². The third kappa shape index (κ3) is 2.87. The fourth-order valence-corrected chi connectivity index (χ4v) is 3.02. The largest absolute Gasteiger partial charge is 0.496 e. The maximum absolute atomic E-state index is 5.43. The number of rotatable bonds is 5. The van der Waals surface area contributed by atoms with Crippen LogP contribution in [0.4, 0.5) is 5.95 Å². The van der Waals surface area contributed by atoms with Crippen LogP contribution in [0.3, 0.4) is 0 Å². The van der Waals surface area contributed by atoms with Crippen molar-refractivity contribution in [3.8, 4) is 5.75 Å². The zero-order chi connectivity index (χ0) is 17.2. The minimum Gasteiger partial charge on any atom is -0.496 e. The summed E-state index contributed by atoms with van der Waals surface area (Å²) in [5.74, 6) is 1.65. The SMILES string of the molecule is COc1ccccc1C(C)CNc1nnc2c(n1)[nH]c1ccccc12. The Labute approximate surface area is 145 Å². The summed E-state index contributed by atoms with van der Waals surface area (Å²) >= 11 is 0. The van der Waals surface area contributed by atoms with E-state index < -0.39 is 0 Å². The molecule has 4 rings (SSSR count). The van der Waals surface area contributed by atoms with Crippen LogP contribution >= 0.6 is 0 Å². The molecule has 25 heavy (non-hydrogen) atoms. The second-order valence-corrected chi connectivity index (χ2v) is 6.03. The first kappa shape index (κ1) is 15.4. The summed E-state index contributed by atoms with van der Waals surface area (Å²) in [7, 11) is 1.69. The molecule has 4 aromatic rings. The van der Waals surface area contributed by atoms with Crippen LogP contribution in [0.1, 0.15) is 18.4 Å². The van der Waals surface area contributed by atoms with Gasteiger partial charge in [0.2, 0.25) is 5.95 Å². The number of aromatic amines is 1. The van der Waals surface area contributed by atoms with Crippen molar-refractivity contribution in [3.63, 3.8) is 0 Å². The Morgan fingerprint density at radius 2 is 1.88 bits per heavy atom. The van der Waals surface area contributed by atoms with Crippen LogP contribution in [-0.4, -0.2) is 33.8 Å². The van der Waals surface area contributed by atoms with Crippen molar-refractivity contribution in [1.29, 1.82) is 0 Å². The molecule has 0 bridgehead atoms. The van der Waals surface area contributed by atoms with E-state index >= 15 is 0 Å². The molecule has 2 N–H and O–H groups in total. The zero-order valence-corrected chi connectivity index (χ0v) is 14.2. The number of nitrogens with zero attached hydrogens (tertiary/aromatic N) is 3. The number of hydrogen-bond donors (Lipinski definition) is 2. The Balaban J connectivity index is 1.55. The Morgan fingerprint density at radius 1 is 1.08 bits per heavy atom. The summed E-state index contributed by atoms with van der Waals surface area (Å²) in [6.45, 7) is 2.83. The predicted octanol–water partition coefficient (Wildman–Crippen LogP) is 3.73. The standard InChI is InChI=1S/C19H19N5O/c1-12(13-7-4-6-10-16(13)25-2)11-20-19-22-18-17(23-24-19)14-8-3-5-9-15(14)21-18/h3-10,12H,11H2,1-2H3,(H2,20,21,22,24). The van der Waals surface area contributed by atoms with Crippen LogP contribution in [0.15, 0.2) is 48.5 Å². The number of H-pyrrole nitrogens is 1. The van der Waals surface area contributed by atoms with Gasteiger partial charge in [-0.05, 0) is 17.7 Å². The molecule has 6 heteroatoms. The van der Waals surface area contributed by atoms with E-state index in [9.17, 15) is 0 Å². The molecule has 1 unspecified atom stereocenters. The molecule has 2 aromatic heterocycles. The minimum absolute atomic E-state index is 0.248. The number of anilines is 1. The van der Waals surface area contributed by atoms with E-state index in [1.807, 2.05) is 42.5 Å². The molecule has 6 nitrogen and oxygen atoms in total. The highest BCUT2D eigenvalue weighted by atomic mass is 16.5. The summed E-state index contributed by atoms with van der Waals surface area (Å²) in [5.41, 5.74) is 3.69. The first-order valence-electron chi connectivity index (χ1n) is 8.24. The first-order valence-corrected chi connectivity index (χ1v) is 8.24.